The van der Waals surface area contributed by atoms with Crippen molar-refractivity contribution in [3.63, 3.8) is 0 Å². The molecule has 2 nitrogen and oxygen atoms in total. The zero-order valence-electron chi connectivity index (χ0n) is 11.9. The summed E-state index contributed by atoms with van der Waals surface area (Å²) in [6, 6.07) is 8.01. The van der Waals surface area contributed by atoms with Crippen molar-refractivity contribution in [2.75, 3.05) is 12.4 Å². The number of amides is 1. The predicted octanol–water partition coefficient (Wildman–Crippen LogP) is 4.68. The van der Waals surface area contributed by atoms with Crippen LogP contribution in [0.3, 0.4) is 0 Å². The second-order valence-corrected chi connectivity index (χ2v) is 7.07. The van der Waals surface area contributed by atoms with Crippen molar-refractivity contribution in [3.05, 3.63) is 35.2 Å². The molecule has 0 aliphatic heterocycles. The van der Waals surface area contributed by atoms with E-state index in [1.807, 2.05) is 29.6 Å². The first-order valence-electron chi connectivity index (χ1n) is 6.84. The summed E-state index contributed by atoms with van der Waals surface area (Å²) in [6.07, 6.45) is 1.99. The molecule has 108 valence electrons. The zero-order valence-corrected chi connectivity index (χ0v) is 13.5. The molecule has 2 aromatic rings. The lowest BCUT2D eigenvalue weighted by molar-refractivity contribution is 0.0936. The van der Waals surface area contributed by atoms with Gasteiger partial charge in [0.25, 0.3) is 5.91 Å². The van der Waals surface area contributed by atoms with E-state index in [0.29, 0.717) is 12.4 Å². The van der Waals surface area contributed by atoms with E-state index in [1.165, 1.54) is 0 Å². The Morgan fingerprint density at radius 3 is 2.85 bits per heavy atom. The number of fused-ring (bicyclic) bond motifs is 1. The molecule has 0 aliphatic carbocycles. The summed E-state index contributed by atoms with van der Waals surface area (Å²) in [7, 11) is 0. The Morgan fingerprint density at radius 1 is 1.35 bits per heavy atom. The highest BCUT2D eigenvalue weighted by Crippen LogP contribution is 2.26. The van der Waals surface area contributed by atoms with Crippen LogP contribution in [0.1, 0.15) is 37.0 Å². The van der Waals surface area contributed by atoms with Crippen LogP contribution < -0.4 is 5.32 Å². The smallest absolute Gasteiger partial charge is 0.252 e. The SMILES string of the molecule is CC(C)(CCCCl)CNC(=O)c1csc2ccccc12. The summed E-state index contributed by atoms with van der Waals surface area (Å²) >= 11 is 7.34. The highest BCUT2D eigenvalue weighted by atomic mass is 35.5. The van der Waals surface area contributed by atoms with Crippen molar-refractivity contribution in [3.8, 4) is 0 Å². The summed E-state index contributed by atoms with van der Waals surface area (Å²) in [5, 5.41) is 6.02. The maximum absolute atomic E-state index is 12.3. The first-order valence-corrected chi connectivity index (χ1v) is 8.25. The van der Waals surface area contributed by atoms with Crippen molar-refractivity contribution in [1.82, 2.24) is 5.32 Å². The number of hydrogen-bond acceptors (Lipinski definition) is 2. The maximum atomic E-state index is 12.3. The van der Waals surface area contributed by atoms with Gasteiger partial charge < -0.3 is 5.32 Å². The molecule has 2 rings (SSSR count). The Morgan fingerprint density at radius 2 is 2.10 bits per heavy atom. The molecule has 0 fully saturated rings. The number of alkyl halides is 1. The monoisotopic (exact) mass is 309 g/mol. The van der Waals surface area contributed by atoms with Gasteiger partial charge in [0.1, 0.15) is 0 Å². The van der Waals surface area contributed by atoms with Gasteiger partial charge in [0.15, 0.2) is 0 Å². The van der Waals surface area contributed by atoms with Gasteiger partial charge in [-0.05, 0) is 24.3 Å². The number of benzene rings is 1. The molecule has 4 heteroatoms. The fourth-order valence-electron chi connectivity index (χ4n) is 2.20. The molecule has 0 unspecified atom stereocenters. The van der Waals surface area contributed by atoms with Gasteiger partial charge in [0.2, 0.25) is 0 Å². The minimum absolute atomic E-state index is 0.0152. The van der Waals surface area contributed by atoms with Crippen LogP contribution in [-0.4, -0.2) is 18.3 Å². The van der Waals surface area contributed by atoms with Crippen LogP contribution in [-0.2, 0) is 0 Å². The van der Waals surface area contributed by atoms with Gasteiger partial charge >= 0.3 is 0 Å². The molecule has 0 saturated heterocycles. The van der Waals surface area contributed by atoms with E-state index in [0.717, 1.165) is 28.5 Å². The number of rotatable bonds is 6. The molecule has 1 aromatic carbocycles. The molecule has 0 saturated carbocycles. The Bertz CT molecular complexity index is 591. The molecule has 0 atom stereocenters. The summed E-state index contributed by atoms with van der Waals surface area (Å²) in [5.41, 5.74) is 0.856. The van der Waals surface area contributed by atoms with Gasteiger partial charge in [0, 0.05) is 27.9 Å². The molecule has 0 spiro atoms. The fraction of sp³-hybridized carbons (Fsp3) is 0.438. The van der Waals surface area contributed by atoms with Crippen molar-refractivity contribution in [2.24, 2.45) is 5.41 Å². The van der Waals surface area contributed by atoms with Crippen molar-refractivity contribution in [1.29, 1.82) is 0 Å². The van der Waals surface area contributed by atoms with E-state index in [-0.39, 0.29) is 11.3 Å². The predicted molar refractivity (Wildman–Crippen MR) is 87.9 cm³/mol. The third-order valence-electron chi connectivity index (χ3n) is 3.44. The second-order valence-electron chi connectivity index (χ2n) is 5.78. The van der Waals surface area contributed by atoms with Crippen molar-refractivity contribution >= 4 is 38.9 Å². The van der Waals surface area contributed by atoms with Crippen LogP contribution in [0.25, 0.3) is 10.1 Å². The molecule has 0 radical (unpaired) electrons. The number of thiophene rings is 1. The fourth-order valence-corrected chi connectivity index (χ4v) is 3.28. The standard InChI is InChI=1S/C16H20ClNOS/c1-16(2,8-5-9-17)11-18-15(19)13-10-20-14-7-4-3-6-12(13)14/h3-4,6-7,10H,5,8-9,11H2,1-2H3,(H,18,19). The van der Waals surface area contributed by atoms with Crippen molar-refractivity contribution < 1.29 is 4.79 Å². The molecule has 1 N–H and O–H groups in total. The number of nitrogens with one attached hydrogen (secondary N) is 1. The van der Waals surface area contributed by atoms with Gasteiger partial charge in [-0.1, -0.05) is 32.0 Å². The molecule has 1 heterocycles. The van der Waals surface area contributed by atoms with Gasteiger partial charge in [-0.3, -0.25) is 4.79 Å². The van der Waals surface area contributed by atoms with Crippen LogP contribution in [0, 0.1) is 5.41 Å². The number of carbonyl (C=O) groups is 1. The van der Waals surface area contributed by atoms with Crippen LogP contribution in [0.2, 0.25) is 0 Å². The summed E-state index contributed by atoms with van der Waals surface area (Å²) in [6.45, 7) is 4.99. The van der Waals surface area contributed by atoms with E-state index in [9.17, 15) is 4.79 Å². The van der Waals surface area contributed by atoms with Gasteiger partial charge in [0.05, 0.1) is 5.56 Å². The quantitative estimate of drug-likeness (QED) is 0.771. The lowest BCUT2D eigenvalue weighted by Gasteiger charge is -2.24. The van der Waals surface area contributed by atoms with E-state index < -0.39 is 0 Å². The summed E-state index contributed by atoms with van der Waals surface area (Å²) < 4.78 is 1.15. The zero-order chi connectivity index (χ0) is 14.6. The van der Waals surface area contributed by atoms with E-state index >= 15 is 0 Å². The minimum atomic E-state index is 0.0152. The third-order valence-corrected chi connectivity index (χ3v) is 4.67. The molecule has 0 bridgehead atoms. The van der Waals surface area contributed by atoms with Gasteiger partial charge in [-0.2, -0.15) is 0 Å². The Labute approximate surface area is 129 Å². The lowest BCUT2D eigenvalue weighted by Crippen LogP contribution is -2.34. The summed E-state index contributed by atoms with van der Waals surface area (Å²) in [4.78, 5) is 12.3. The van der Waals surface area contributed by atoms with Gasteiger partial charge in [-0.25, -0.2) is 0 Å². The Hall–Kier alpha value is -1.06. The second kappa shape index (κ2) is 6.59. The average Bonchev–Trinajstić information content (AvgIpc) is 2.87. The first-order chi connectivity index (χ1) is 9.53. The van der Waals surface area contributed by atoms with Crippen molar-refractivity contribution in [2.45, 2.75) is 26.7 Å². The summed E-state index contributed by atoms with van der Waals surface area (Å²) in [5.74, 6) is 0.688. The third kappa shape index (κ3) is 3.74. The topological polar surface area (TPSA) is 29.1 Å². The highest BCUT2D eigenvalue weighted by molar-refractivity contribution is 7.17. The number of halogens is 1. The minimum Gasteiger partial charge on any atom is -0.351 e. The molecule has 1 aromatic heterocycles. The van der Waals surface area contributed by atoms with Crippen LogP contribution >= 0.6 is 22.9 Å². The first kappa shape index (κ1) is 15.3. The Kier molecular flexibility index (Phi) is 5.06. The number of hydrogen-bond donors (Lipinski definition) is 1. The van der Waals surface area contributed by atoms with E-state index in [2.05, 4.69) is 19.2 Å². The van der Waals surface area contributed by atoms with E-state index in [4.69, 9.17) is 11.6 Å². The number of carbonyl (C=O) groups excluding carboxylic acids is 1. The molecular formula is C16H20ClNOS. The van der Waals surface area contributed by atoms with Crippen LogP contribution in [0.4, 0.5) is 0 Å². The highest BCUT2D eigenvalue weighted by Gasteiger charge is 2.19. The maximum Gasteiger partial charge on any atom is 0.252 e. The van der Waals surface area contributed by atoms with E-state index in [1.54, 1.807) is 11.3 Å². The average molecular weight is 310 g/mol. The molecule has 1 amide bonds. The van der Waals surface area contributed by atoms with Crippen LogP contribution in [0.5, 0.6) is 0 Å². The largest absolute Gasteiger partial charge is 0.351 e. The molecular weight excluding hydrogens is 290 g/mol. The molecule has 0 aliphatic rings. The lowest BCUT2D eigenvalue weighted by atomic mass is 9.88. The molecule has 20 heavy (non-hydrogen) atoms. The van der Waals surface area contributed by atoms with Gasteiger partial charge in [-0.15, -0.1) is 22.9 Å². The van der Waals surface area contributed by atoms with Crippen LogP contribution in [0.15, 0.2) is 29.6 Å². The Balaban J connectivity index is 2.02. The normalized spacial score (nSPS) is 11.8.